The Morgan fingerprint density at radius 3 is 2.88 bits per heavy atom. The topological polar surface area (TPSA) is 84.2 Å². The molecule has 3 aromatic heterocycles. The van der Waals surface area contributed by atoms with E-state index in [9.17, 15) is 4.79 Å². The summed E-state index contributed by atoms with van der Waals surface area (Å²) in [5.74, 6) is 1.62. The van der Waals surface area contributed by atoms with Crippen LogP contribution in [0.1, 0.15) is 17.4 Å². The number of carbonyl (C=O) groups excluding carboxylic acids is 1. The largest absolute Gasteiger partial charge is 0.424 e. The minimum Gasteiger partial charge on any atom is -0.424 e. The van der Waals surface area contributed by atoms with Gasteiger partial charge >= 0.3 is 0 Å². The maximum atomic E-state index is 13.7. The summed E-state index contributed by atoms with van der Waals surface area (Å²) in [5.41, 5.74) is 3.75. The molecule has 0 radical (unpaired) electrons. The van der Waals surface area contributed by atoms with Crippen molar-refractivity contribution in [2.24, 2.45) is 17.8 Å². The average Bonchev–Trinajstić information content (AvgIpc) is 3.18. The number of pyridine rings is 2. The Hall–Kier alpha value is -3.74. The molecule has 1 aromatic carbocycles. The smallest absolute Gasteiger partial charge is 0.295 e. The van der Waals surface area contributed by atoms with E-state index in [-0.39, 0.29) is 11.9 Å². The molecule has 1 saturated heterocycles. The summed E-state index contributed by atoms with van der Waals surface area (Å²) in [7, 11) is 0. The molecule has 160 valence electrons. The van der Waals surface area contributed by atoms with E-state index in [2.05, 4.69) is 27.2 Å². The SMILES string of the molecule is CC1C2CN(C(=O)c3ncccc3-c3cccnc3)[C@H](CNc3nc4ccccc4o3)C12. The lowest BCUT2D eigenvalue weighted by molar-refractivity contribution is 0.0699. The van der Waals surface area contributed by atoms with Gasteiger partial charge in [-0.15, -0.1) is 0 Å². The second-order valence-corrected chi connectivity index (χ2v) is 8.63. The molecule has 1 N–H and O–H groups in total. The Labute approximate surface area is 185 Å². The zero-order chi connectivity index (χ0) is 21.7. The van der Waals surface area contributed by atoms with Gasteiger partial charge < -0.3 is 14.6 Å². The van der Waals surface area contributed by atoms with E-state index < -0.39 is 0 Å². The van der Waals surface area contributed by atoms with Gasteiger partial charge in [-0.2, -0.15) is 4.98 Å². The number of oxazole rings is 1. The Kier molecular flexibility index (Phi) is 4.41. The zero-order valence-electron chi connectivity index (χ0n) is 17.7. The number of nitrogens with zero attached hydrogens (tertiary/aromatic N) is 4. The van der Waals surface area contributed by atoms with Crippen LogP contribution in [0.3, 0.4) is 0 Å². The number of hydrogen-bond donors (Lipinski definition) is 1. The molecule has 4 heterocycles. The number of para-hydroxylation sites is 2. The first-order valence-corrected chi connectivity index (χ1v) is 11.0. The second kappa shape index (κ2) is 7.44. The number of anilines is 1. The lowest BCUT2D eigenvalue weighted by Crippen LogP contribution is -2.43. The molecule has 1 aliphatic heterocycles. The summed E-state index contributed by atoms with van der Waals surface area (Å²) in [5, 5.41) is 3.33. The molecule has 7 heteroatoms. The summed E-state index contributed by atoms with van der Waals surface area (Å²) in [6, 6.07) is 15.9. The Bertz CT molecular complexity index is 1250. The molecule has 2 fully saturated rings. The van der Waals surface area contributed by atoms with E-state index in [1.165, 1.54) is 0 Å². The van der Waals surface area contributed by atoms with Crippen LogP contribution in [0.2, 0.25) is 0 Å². The van der Waals surface area contributed by atoms with E-state index in [0.717, 1.165) is 28.8 Å². The average molecular weight is 425 g/mol. The van der Waals surface area contributed by atoms with Crippen molar-refractivity contribution in [2.45, 2.75) is 13.0 Å². The van der Waals surface area contributed by atoms with Crippen LogP contribution in [-0.4, -0.2) is 44.9 Å². The normalized spacial score (nSPS) is 23.8. The van der Waals surface area contributed by atoms with Crippen molar-refractivity contribution < 1.29 is 9.21 Å². The highest BCUT2D eigenvalue weighted by Crippen LogP contribution is 2.55. The molecule has 32 heavy (non-hydrogen) atoms. The van der Waals surface area contributed by atoms with Crippen LogP contribution in [0.15, 0.2) is 71.5 Å². The van der Waals surface area contributed by atoms with Crippen molar-refractivity contribution in [3.8, 4) is 11.1 Å². The Morgan fingerprint density at radius 1 is 1.16 bits per heavy atom. The van der Waals surface area contributed by atoms with Gasteiger partial charge in [-0.05, 0) is 42.0 Å². The molecule has 1 amide bonds. The quantitative estimate of drug-likeness (QED) is 0.518. The highest BCUT2D eigenvalue weighted by atomic mass is 16.4. The monoisotopic (exact) mass is 425 g/mol. The maximum absolute atomic E-state index is 13.7. The van der Waals surface area contributed by atoms with Gasteiger partial charge in [-0.1, -0.05) is 31.2 Å². The van der Waals surface area contributed by atoms with Crippen molar-refractivity contribution in [2.75, 3.05) is 18.4 Å². The number of piperidine rings is 1. The fourth-order valence-electron chi connectivity index (χ4n) is 5.16. The number of likely N-dealkylation sites (tertiary alicyclic amines) is 1. The number of carbonyl (C=O) groups is 1. The van der Waals surface area contributed by atoms with Gasteiger partial charge in [0.25, 0.3) is 11.9 Å². The maximum Gasteiger partial charge on any atom is 0.295 e. The lowest BCUT2D eigenvalue weighted by Gasteiger charge is -2.29. The first-order chi connectivity index (χ1) is 15.7. The van der Waals surface area contributed by atoms with Crippen LogP contribution in [0.25, 0.3) is 22.2 Å². The predicted molar refractivity (Wildman–Crippen MR) is 121 cm³/mol. The standard InChI is InChI=1S/C25H23N5O2/c1-15-18-14-30(24(31)23-17(7-5-11-27-23)16-6-4-10-26-12-16)20(22(15)18)13-28-25-29-19-8-2-3-9-21(19)32-25/h2-12,15,18,20,22H,13-14H2,1H3,(H,28,29)/t15?,18?,20-,22?/m1/s1. The molecule has 0 bridgehead atoms. The number of hydrogen-bond acceptors (Lipinski definition) is 6. The minimum absolute atomic E-state index is 0.0341. The molecule has 3 unspecified atom stereocenters. The number of rotatable bonds is 5. The van der Waals surface area contributed by atoms with E-state index in [1.54, 1.807) is 18.6 Å². The van der Waals surface area contributed by atoms with Gasteiger partial charge in [-0.3, -0.25) is 14.8 Å². The number of nitrogens with one attached hydrogen (secondary N) is 1. The lowest BCUT2D eigenvalue weighted by atomic mass is 10.0. The van der Waals surface area contributed by atoms with Crippen molar-refractivity contribution in [1.29, 1.82) is 0 Å². The van der Waals surface area contributed by atoms with E-state index in [0.29, 0.717) is 36.0 Å². The zero-order valence-corrected chi connectivity index (χ0v) is 17.7. The predicted octanol–water partition coefficient (Wildman–Crippen LogP) is 4.10. The van der Waals surface area contributed by atoms with Gasteiger partial charge in [0.05, 0.1) is 6.04 Å². The van der Waals surface area contributed by atoms with E-state index >= 15 is 0 Å². The van der Waals surface area contributed by atoms with Crippen LogP contribution in [-0.2, 0) is 0 Å². The summed E-state index contributed by atoms with van der Waals surface area (Å²) < 4.78 is 5.82. The molecule has 2 aliphatic rings. The highest BCUT2D eigenvalue weighted by Gasteiger charge is 2.59. The fraction of sp³-hybridized carbons (Fsp3) is 0.280. The third-order valence-corrected chi connectivity index (χ3v) is 6.89. The molecule has 4 aromatic rings. The molecular formula is C25H23N5O2. The Morgan fingerprint density at radius 2 is 2.03 bits per heavy atom. The number of amides is 1. The molecule has 1 saturated carbocycles. The van der Waals surface area contributed by atoms with Gasteiger partial charge in [0.15, 0.2) is 5.58 Å². The van der Waals surface area contributed by atoms with Crippen LogP contribution in [0.5, 0.6) is 0 Å². The van der Waals surface area contributed by atoms with Crippen LogP contribution in [0, 0.1) is 17.8 Å². The van der Waals surface area contributed by atoms with Crippen molar-refractivity contribution in [3.63, 3.8) is 0 Å². The molecular weight excluding hydrogens is 402 g/mol. The van der Waals surface area contributed by atoms with Gasteiger partial charge in [0, 0.05) is 42.8 Å². The molecule has 0 spiro atoms. The van der Waals surface area contributed by atoms with E-state index in [1.807, 2.05) is 53.4 Å². The summed E-state index contributed by atoms with van der Waals surface area (Å²) >= 11 is 0. The number of fused-ring (bicyclic) bond motifs is 2. The summed E-state index contributed by atoms with van der Waals surface area (Å²) in [6.07, 6.45) is 5.17. The summed E-state index contributed by atoms with van der Waals surface area (Å²) in [6.45, 7) is 3.62. The third-order valence-electron chi connectivity index (χ3n) is 6.89. The first-order valence-electron chi connectivity index (χ1n) is 11.0. The van der Waals surface area contributed by atoms with Crippen LogP contribution < -0.4 is 5.32 Å². The first kappa shape index (κ1) is 19.0. The minimum atomic E-state index is -0.0341. The number of aromatic nitrogens is 3. The van der Waals surface area contributed by atoms with Crippen LogP contribution in [0.4, 0.5) is 6.01 Å². The fourth-order valence-corrected chi connectivity index (χ4v) is 5.16. The molecule has 7 nitrogen and oxygen atoms in total. The molecule has 4 atom stereocenters. The number of benzene rings is 1. The second-order valence-electron chi connectivity index (χ2n) is 8.63. The van der Waals surface area contributed by atoms with Gasteiger partial charge in [0.2, 0.25) is 0 Å². The van der Waals surface area contributed by atoms with E-state index in [4.69, 9.17) is 4.42 Å². The van der Waals surface area contributed by atoms with Crippen LogP contribution >= 0.6 is 0 Å². The van der Waals surface area contributed by atoms with Gasteiger partial charge in [-0.25, -0.2) is 0 Å². The van der Waals surface area contributed by atoms with Gasteiger partial charge in [0.1, 0.15) is 11.2 Å². The third kappa shape index (κ3) is 3.12. The van der Waals surface area contributed by atoms with Crippen molar-refractivity contribution in [1.82, 2.24) is 19.9 Å². The molecule has 6 rings (SSSR count). The highest BCUT2D eigenvalue weighted by molar-refractivity contribution is 5.99. The Balaban J connectivity index is 1.26. The molecule has 1 aliphatic carbocycles. The summed E-state index contributed by atoms with van der Waals surface area (Å²) in [4.78, 5) is 28.8. The van der Waals surface area contributed by atoms with Crippen molar-refractivity contribution in [3.05, 3.63) is 72.8 Å². The van der Waals surface area contributed by atoms with Crippen molar-refractivity contribution >= 4 is 23.0 Å².